The smallest absolute Gasteiger partial charge is 0.390 e. The average Bonchev–Trinajstić information content (AvgIpc) is 3.18. The number of halogens is 3. The van der Waals surface area contributed by atoms with Gasteiger partial charge in [-0.15, -0.1) is 11.3 Å². The maximum absolute atomic E-state index is 13.7. The van der Waals surface area contributed by atoms with E-state index in [1.807, 2.05) is 44.2 Å². The topological polar surface area (TPSA) is 84.5 Å². The molecule has 7 nitrogen and oxygen atoms in total. The Balaban J connectivity index is 1.86. The maximum atomic E-state index is 13.7. The van der Waals surface area contributed by atoms with E-state index < -0.39 is 41.9 Å². The fraction of sp³-hybridized carbons (Fsp3) is 0.500. The number of aliphatic hydroxyl groups excluding tert-OH is 1. The van der Waals surface area contributed by atoms with E-state index >= 15 is 0 Å². The molecule has 0 spiro atoms. The number of aliphatic hydroxyl groups is 1. The predicted molar refractivity (Wildman–Crippen MR) is 136 cm³/mol. The number of rotatable bonds is 6. The Morgan fingerprint density at radius 3 is 2.30 bits per heavy atom. The Hall–Kier alpha value is -2.92. The molecular weight excluding hydrogens is 507 g/mol. The number of fused-ring (bicyclic) bond motifs is 1. The van der Waals surface area contributed by atoms with Crippen molar-refractivity contribution in [1.29, 1.82) is 0 Å². The minimum absolute atomic E-state index is 0.0424. The van der Waals surface area contributed by atoms with E-state index in [1.54, 1.807) is 11.8 Å². The van der Waals surface area contributed by atoms with E-state index in [4.69, 9.17) is 0 Å². The van der Waals surface area contributed by atoms with Gasteiger partial charge in [0.25, 0.3) is 11.5 Å². The first kappa shape index (κ1) is 27.1. The summed E-state index contributed by atoms with van der Waals surface area (Å²) in [5.41, 5.74) is -0.889. The number of piperidine rings is 1. The van der Waals surface area contributed by atoms with Crippen LogP contribution in [0.5, 0.6) is 0 Å². The van der Waals surface area contributed by atoms with Gasteiger partial charge in [-0.2, -0.15) is 13.2 Å². The van der Waals surface area contributed by atoms with Crippen LogP contribution in [0.4, 0.5) is 13.2 Å². The fourth-order valence-electron chi connectivity index (χ4n) is 4.76. The SMILES string of the molecule is Cc1c(C(=O)N2CCC(O)CC2)sc2c1c(=O)n(CC(C)(C)c1ccccc1)c(=O)n2CCC(F)(F)F. The molecule has 1 saturated heterocycles. The number of aryl methyl sites for hydroxylation is 2. The van der Waals surface area contributed by atoms with Crippen LogP contribution in [0.1, 0.15) is 53.9 Å². The summed E-state index contributed by atoms with van der Waals surface area (Å²) in [4.78, 5) is 42.3. The molecule has 2 aromatic heterocycles. The lowest BCUT2D eigenvalue weighted by molar-refractivity contribution is -0.136. The van der Waals surface area contributed by atoms with Gasteiger partial charge in [-0.25, -0.2) is 4.79 Å². The van der Waals surface area contributed by atoms with Crippen LogP contribution in [0.15, 0.2) is 39.9 Å². The lowest BCUT2D eigenvalue weighted by Crippen LogP contribution is -2.44. The summed E-state index contributed by atoms with van der Waals surface area (Å²) in [7, 11) is 0. The molecule has 3 heterocycles. The van der Waals surface area contributed by atoms with Crippen LogP contribution in [0.25, 0.3) is 10.2 Å². The summed E-state index contributed by atoms with van der Waals surface area (Å²) < 4.78 is 41.5. The van der Waals surface area contributed by atoms with Crippen molar-refractivity contribution in [2.45, 2.75) is 70.8 Å². The third-order valence-electron chi connectivity index (χ3n) is 6.97. The molecule has 11 heteroatoms. The highest BCUT2D eigenvalue weighted by Gasteiger charge is 2.32. The Kier molecular flexibility index (Phi) is 7.40. The molecule has 1 amide bonds. The number of thiophene rings is 1. The number of alkyl halides is 3. The molecule has 1 N–H and O–H groups in total. The average molecular weight is 538 g/mol. The van der Waals surface area contributed by atoms with Gasteiger partial charge in [-0.1, -0.05) is 44.2 Å². The van der Waals surface area contributed by atoms with Crippen molar-refractivity contribution in [3.63, 3.8) is 0 Å². The number of hydrogen-bond acceptors (Lipinski definition) is 5. The lowest BCUT2D eigenvalue weighted by atomic mass is 9.84. The fourth-order valence-corrected chi connectivity index (χ4v) is 6.05. The zero-order chi connectivity index (χ0) is 27.1. The largest absolute Gasteiger partial charge is 0.393 e. The van der Waals surface area contributed by atoms with Gasteiger partial charge in [0.15, 0.2) is 0 Å². The van der Waals surface area contributed by atoms with Crippen molar-refractivity contribution in [2.75, 3.05) is 13.1 Å². The van der Waals surface area contributed by atoms with Crippen molar-refractivity contribution in [1.82, 2.24) is 14.0 Å². The third kappa shape index (κ3) is 5.52. The quantitative estimate of drug-likeness (QED) is 0.514. The summed E-state index contributed by atoms with van der Waals surface area (Å²) in [5, 5.41) is 9.87. The van der Waals surface area contributed by atoms with Crippen LogP contribution in [0.3, 0.4) is 0 Å². The van der Waals surface area contributed by atoms with Crippen molar-refractivity contribution >= 4 is 27.5 Å². The highest BCUT2D eigenvalue weighted by molar-refractivity contribution is 7.20. The van der Waals surface area contributed by atoms with Gasteiger partial charge >= 0.3 is 11.9 Å². The van der Waals surface area contributed by atoms with Gasteiger partial charge in [0.05, 0.1) is 22.8 Å². The van der Waals surface area contributed by atoms with E-state index in [1.165, 1.54) is 0 Å². The van der Waals surface area contributed by atoms with Gasteiger partial charge in [0.2, 0.25) is 0 Å². The summed E-state index contributed by atoms with van der Waals surface area (Å²) in [5.74, 6) is -0.351. The molecule has 0 bridgehead atoms. The Labute approximate surface area is 215 Å². The highest BCUT2D eigenvalue weighted by Crippen LogP contribution is 2.31. The second-order valence-corrected chi connectivity index (χ2v) is 11.2. The van der Waals surface area contributed by atoms with Gasteiger partial charge in [0, 0.05) is 31.6 Å². The molecule has 0 saturated carbocycles. The first-order valence-electron chi connectivity index (χ1n) is 12.2. The molecular formula is C26H30F3N3O4S. The molecule has 0 radical (unpaired) electrons. The minimum atomic E-state index is -4.50. The van der Waals surface area contributed by atoms with Gasteiger partial charge < -0.3 is 10.0 Å². The maximum Gasteiger partial charge on any atom is 0.390 e. The first-order chi connectivity index (χ1) is 17.3. The second-order valence-electron chi connectivity index (χ2n) is 10.2. The second kappa shape index (κ2) is 10.1. The highest BCUT2D eigenvalue weighted by atomic mass is 32.1. The van der Waals surface area contributed by atoms with E-state index in [9.17, 15) is 32.7 Å². The van der Waals surface area contributed by atoms with Gasteiger partial charge in [0.1, 0.15) is 4.83 Å². The zero-order valence-corrected chi connectivity index (χ0v) is 21.8. The number of carbonyl (C=O) groups is 1. The number of nitrogens with zero attached hydrogens (tertiary/aromatic N) is 3. The Bertz CT molecular complexity index is 1420. The molecule has 0 unspecified atom stereocenters. The Morgan fingerprint density at radius 1 is 1.08 bits per heavy atom. The monoisotopic (exact) mass is 537 g/mol. The minimum Gasteiger partial charge on any atom is -0.393 e. The van der Waals surface area contributed by atoms with Crippen molar-refractivity contribution in [2.24, 2.45) is 0 Å². The lowest BCUT2D eigenvalue weighted by Gasteiger charge is -2.29. The zero-order valence-electron chi connectivity index (χ0n) is 21.0. The normalized spacial score (nSPS) is 15.5. The molecule has 1 aliphatic rings. The standard InChI is InChI=1S/C26H30F3N3O4S/c1-16-19-21(34)32(15-25(2,3)17-7-5-4-6-8-17)24(36)31(14-11-26(27,28)29)23(19)37-20(16)22(35)30-12-9-18(33)10-13-30/h4-8,18,33H,9-15H2,1-3H3. The van der Waals surface area contributed by atoms with Crippen LogP contribution in [0, 0.1) is 6.92 Å². The molecule has 4 rings (SSSR count). The van der Waals surface area contributed by atoms with Crippen LogP contribution < -0.4 is 11.2 Å². The number of likely N-dealkylation sites (tertiary alicyclic amines) is 1. The van der Waals surface area contributed by atoms with Crippen molar-refractivity contribution in [3.05, 3.63) is 67.2 Å². The number of amides is 1. The van der Waals surface area contributed by atoms with Gasteiger partial charge in [-0.3, -0.25) is 18.7 Å². The van der Waals surface area contributed by atoms with E-state index in [0.29, 0.717) is 31.5 Å². The molecule has 1 aliphatic heterocycles. The van der Waals surface area contributed by atoms with Crippen LogP contribution in [-0.4, -0.2) is 50.4 Å². The van der Waals surface area contributed by atoms with Gasteiger partial charge in [-0.05, 0) is 30.9 Å². The van der Waals surface area contributed by atoms with E-state index in [-0.39, 0.29) is 27.5 Å². The van der Waals surface area contributed by atoms with Crippen LogP contribution in [0.2, 0.25) is 0 Å². The molecule has 3 aromatic rings. The number of carbonyl (C=O) groups excluding carboxylic acids is 1. The molecule has 200 valence electrons. The number of hydrogen-bond donors (Lipinski definition) is 1. The molecule has 37 heavy (non-hydrogen) atoms. The summed E-state index contributed by atoms with van der Waals surface area (Å²) in [6.07, 6.45) is -5.39. The molecule has 0 aliphatic carbocycles. The van der Waals surface area contributed by atoms with E-state index in [2.05, 4.69) is 0 Å². The molecule has 1 aromatic carbocycles. The molecule has 0 atom stereocenters. The molecule has 1 fully saturated rings. The first-order valence-corrected chi connectivity index (χ1v) is 13.0. The van der Waals surface area contributed by atoms with E-state index in [0.717, 1.165) is 26.0 Å². The summed E-state index contributed by atoms with van der Waals surface area (Å²) in [6.45, 7) is 5.29. The van der Waals surface area contributed by atoms with Crippen molar-refractivity contribution in [3.8, 4) is 0 Å². The van der Waals surface area contributed by atoms with Crippen LogP contribution in [-0.2, 0) is 18.5 Å². The van der Waals surface area contributed by atoms with Crippen molar-refractivity contribution < 1.29 is 23.1 Å². The number of benzene rings is 1. The third-order valence-corrected chi connectivity index (χ3v) is 8.27. The number of aromatic nitrogens is 2. The predicted octanol–water partition coefficient (Wildman–Crippen LogP) is 4.06. The summed E-state index contributed by atoms with van der Waals surface area (Å²) >= 11 is 0.884. The summed E-state index contributed by atoms with van der Waals surface area (Å²) in [6, 6.07) is 9.26. The Morgan fingerprint density at radius 2 is 1.70 bits per heavy atom. The van der Waals surface area contributed by atoms with Crippen LogP contribution >= 0.6 is 11.3 Å².